The zero-order valence-corrected chi connectivity index (χ0v) is 13.7. The molecule has 0 radical (unpaired) electrons. The number of amides is 1. The molecule has 1 atom stereocenters. The summed E-state index contributed by atoms with van der Waals surface area (Å²) in [5.74, 6) is 1.51. The molecule has 1 aliphatic carbocycles. The molecule has 23 heavy (non-hydrogen) atoms. The molecule has 1 N–H and O–H groups in total. The van der Waals surface area contributed by atoms with Gasteiger partial charge in [0, 0.05) is 10.3 Å². The van der Waals surface area contributed by atoms with E-state index in [2.05, 4.69) is 5.32 Å². The lowest BCUT2D eigenvalue weighted by atomic mass is 9.95. The number of ether oxygens (including phenoxy) is 2. The van der Waals surface area contributed by atoms with Gasteiger partial charge < -0.3 is 14.8 Å². The SMILES string of the molecule is O=C(NC[C@H]1COc2ccccc2O1)c1csc2c1CCCC2. The molecule has 0 unspecified atom stereocenters. The van der Waals surface area contributed by atoms with Gasteiger partial charge in [-0.2, -0.15) is 0 Å². The minimum absolute atomic E-state index is 0.00635. The number of carbonyl (C=O) groups excluding carboxylic acids is 1. The highest BCUT2D eigenvalue weighted by molar-refractivity contribution is 7.10. The molecule has 1 aliphatic heterocycles. The van der Waals surface area contributed by atoms with Crippen LogP contribution in [0.25, 0.3) is 0 Å². The lowest BCUT2D eigenvalue weighted by molar-refractivity contribution is 0.0789. The number of para-hydroxylation sites is 2. The van der Waals surface area contributed by atoms with Crippen LogP contribution in [0.1, 0.15) is 33.6 Å². The third-order valence-electron chi connectivity index (χ3n) is 4.36. The third-order valence-corrected chi connectivity index (χ3v) is 5.45. The van der Waals surface area contributed by atoms with Crippen LogP contribution in [0.3, 0.4) is 0 Å². The van der Waals surface area contributed by atoms with E-state index in [-0.39, 0.29) is 12.0 Å². The van der Waals surface area contributed by atoms with Crippen LogP contribution in [0, 0.1) is 0 Å². The quantitative estimate of drug-likeness (QED) is 0.941. The molecule has 2 heterocycles. The number of rotatable bonds is 3. The number of hydrogen-bond acceptors (Lipinski definition) is 4. The summed E-state index contributed by atoms with van der Waals surface area (Å²) < 4.78 is 11.6. The molecule has 5 heteroatoms. The predicted molar refractivity (Wildman–Crippen MR) is 89.6 cm³/mol. The molecule has 0 bridgehead atoms. The van der Waals surface area contributed by atoms with E-state index in [1.165, 1.54) is 23.3 Å². The molecule has 2 aromatic rings. The van der Waals surface area contributed by atoms with Crippen LogP contribution in [-0.2, 0) is 12.8 Å². The average Bonchev–Trinajstić information content (AvgIpc) is 3.03. The second-order valence-electron chi connectivity index (χ2n) is 5.97. The molecule has 0 spiro atoms. The number of nitrogens with one attached hydrogen (secondary N) is 1. The van der Waals surface area contributed by atoms with Gasteiger partial charge in [-0.25, -0.2) is 0 Å². The summed E-state index contributed by atoms with van der Waals surface area (Å²) in [5.41, 5.74) is 2.10. The number of thiophene rings is 1. The Hall–Kier alpha value is -2.01. The van der Waals surface area contributed by atoms with E-state index in [0.29, 0.717) is 13.2 Å². The molecule has 1 amide bonds. The molecule has 0 saturated carbocycles. The number of hydrogen-bond donors (Lipinski definition) is 1. The molecule has 4 nitrogen and oxygen atoms in total. The molecule has 0 fully saturated rings. The van der Waals surface area contributed by atoms with Crippen molar-refractivity contribution in [1.29, 1.82) is 0 Å². The van der Waals surface area contributed by atoms with Gasteiger partial charge in [0.15, 0.2) is 11.5 Å². The Morgan fingerprint density at radius 3 is 2.96 bits per heavy atom. The Kier molecular flexibility index (Phi) is 3.95. The molecule has 4 rings (SSSR count). The van der Waals surface area contributed by atoms with Gasteiger partial charge in [-0.05, 0) is 43.4 Å². The Balaban J connectivity index is 1.38. The van der Waals surface area contributed by atoms with Crippen molar-refractivity contribution in [3.8, 4) is 11.5 Å². The molecule has 120 valence electrons. The van der Waals surface area contributed by atoms with Gasteiger partial charge >= 0.3 is 0 Å². The van der Waals surface area contributed by atoms with Gasteiger partial charge in [-0.15, -0.1) is 11.3 Å². The fourth-order valence-electron chi connectivity index (χ4n) is 3.15. The summed E-state index contributed by atoms with van der Waals surface area (Å²) in [6.45, 7) is 0.914. The van der Waals surface area contributed by atoms with Crippen LogP contribution < -0.4 is 14.8 Å². The van der Waals surface area contributed by atoms with Gasteiger partial charge in [-0.3, -0.25) is 4.79 Å². The highest BCUT2D eigenvalue weighted by atomic mass is 32.1. The maximum atomic E-state index is 12.5. The normalized spacial score (nSPS) is 19.0. The molecular weight excluding hydrogens is 310 g/mol. The summed E-state index contributed by atoms with van der Waals surface area (Å²) in [6.07, 6.45) is 4.41. The third kappa shape index (κ3) is 2.93. The topological polar surface area (TPSA) is 47.6 Å². The Morgan fingerprint density at radius 1 is 1.22 bits per heavy atom. The largest absolute Gasteiger partial charge is 0.486 e. The van der Waals surface area contributed by atoms with Gasteiger partial charge in [0.2, 0.25) is 0 Å². The molecule has 2 aliphatic rings. The zero-order chi connectivity index (χ0) is 15.6. The summed E-state index contributed by atoms with van der Waals surface area (Å²) in [4.78, 5) is 13.8. The van der Waals surface area contributed by atoms with Crippen molar-refractivity contribution in [2.75, 3.05) is 13.2 Å². The standard InChI is InChI=1S/C18H19NO3S/c20-18(14-11-23-17-8-4-1-5-13(14)17)19-9-12-10-21-15-6-2-3-7-16(15)22-12/h2-3,6-7,11-12H,1,4-5,8-10H2,(H,19,20)/t12-/m0/s1. The summed E-state index contributed by atoms with van der Waals surface area (Å²) >= 11 is 1.72. The smallest absolute Gasteiger partial charge is 0.252 e. The van der Waals surface area contributed by atoms with Gasteiger partial charge in [0.25, 0.3) is 5.91 Å². The summed E-state index contributed by atoms with van der Waals surface area (Å²) in [6, 6.07) is 7.62. The first-order valence-electron chi connectivity index (χ1n) is 8.07. The second kappa shape index (κ2) is 6.24. The number of benzene rings is 1. The predicted octanol–water partition coefficient (Wildman–Crippen LogP) is 3.20. The molecule has 1 aromatic carbocycles. The lowest BCUT2D eigenvalue weighted by Gasteiger charge is -2.26. The Bertz CT molecular complexity index is 725. The minimum atomic E-state index is -0.150. The first-order valence-corrected chi connectivity index (χ1v) is 8.95. The van der Waals surface area contributed by atoms with Crippen LogP contribution in [0.2, 0.25) is 0 Å². The number of fused-ring (bicyclic) bond motifs is 2. The van der Waals surface area contributed by atoms with Crippen molar-refractivity contribution in [3.63, 3.8) is 0 Å². The fraction of sp³-hybridized carbons (Fsp3) is 0.389. The Labute approximate surface area is 139 Å². The van der Waals surface area contributed by atoms with E-state index in [1.807, 2.05) is 29.6 Å². The average molecular weight is 329 g/mol. The van der Waals surface area contributed by atoms with Crippen molar-refractivity contribution >= 4 is 17.2 Å². The zero-order valence-electron chi connectivity index (χ0n) is 12.8. The van der Waals surface area contributed by atoms with Crippen LogP contribution in [0.15, 0.2) is 29.6 Å². The van der Waals surface area contributed by atoms with Crippen LogP contribution >= 0.6 is 11.3 Å². The number of carbonyl (C=O) groups is 1. The lowest BCUT2D eigenvalue weighted by Crippen LogP contribution is -2.40. The monoisotopic (exact) mass is 329 g/mol. The molecule has 1 aromatic heterocycles. The van der Waals surface area contributed by atoms with Crippen molar-refractivity contribution in [3.05, 3.63) is 45.6 Å². The van der Waals surface area contributed by atoms with Gasteiger partial charge in [-0.1, -0.05) is 12.1 Å². The van der Waals surface area contributed by atoms with E-state index >= 15 is 0 Å². The highest BCUT2D eigenvalue weighted by Crippen LogP contribution is 2.31. The van der Waals surface area contributed by atoms with Crippen LogP contribution in [0.4, 0.5) is 0 Å². The highest BCUT2D eigenvalue weighted by Gasteiger charge is 2.23. The second-order valence-corrected chi connectivity index (χ2v) is 6.93. The van der Waals surface area contributed by atoms with E-state index in [4.69, 9.17) is 9.47 Å². The minimum Gasteiger partial charge on any atom is -0.486 e. The summed E-state index contributed by atoms with van der Waals surface area (Å²) in [5, 5.41) is 5.00. The van der Waals surface area contributed by atoms with Crippen LogP contribution in [0.5, 0.6) is 11.5 Å². The van der Waals surface area contributed by atoms with E-state index in [0.717, 1.165) is 29.9 Å². The van der Waals surface area contributed by atoms with Crippen molar-refractivity contribution in [2.45, 2.75) is 31.8 Å². The van der Waals surface area contributed by atoms with Crippen molar-refractivity contribution in [2.24, 2.45) is 0 Å². The fourth-order valence-corrected chi connectivity index (χ4v) is 4.28. The maximum Gasteiger partial charge on any atom is 0.252 e. The maximum absolute atomic E-state index is 12.5. The first-order chi connectivity index (χ1) is 11.3. The van der Waals surface area contributed by atoms with Crippen molar-refractivity contribution < 1.29 is 14.3 Å². The van der Waals surface area contributed by atoms with E-state index in [9.17, 15) is 4.79 Å². The molecular formula is C18H19NO3S. The number of aryl methyl sites for hydroxylation is 1. The van der Waals surface area contributed by atoms with Gasteiger partial charge in [0.1, 0.15) is 12.7 Å². The summed E-state index contributed by atoms with van der Waals surface area (Å²) in [7, 11) is 0. The van der Waals surface area contributed by atoms with Crippen molar-refractivity contribution in [1.82, 2.24) is 5.32 Å². The molecule has 0 saturated heterocycles. The van der Waals surface area contributed by atoms with E-state index < -0.39 is 0 Å². The Morgan fingerprint density at radius 2 is 2.04 bits per heavy atom. The van der Waals surface area contributed by atoms with E-state index in [1.54, 1.807) is 11.3 Å². The van der Waals surface area contributed by atoms with Crippen LogP contribution in [-0.4, -0.2) is 25.2 Å². The first kappa shape index (κ1) is 14.6. The van der Waals surface area contributed by atoms with Gasteiger partial charge in [0.05, 0.1) is 12.1 Å².